The Kier molecular flexibility index (Phi) is 4.21. The molecule has 0 spiro atoms. The second kappa shape index (κ2) is 5.71. The Labute approximate surface area is 114 Å². The summed E-state index contributed by atoms with van der Waals surface area (Å²) in [6, 6.07) is 0.129. The number of hydrazine groups is 1. The van der Waals surface area contributed by atoms with Crippen molar-refractivity contribution in [1.29, 1.82) is 0 Å². The molecule has 1 saturated heterocycles. The Morgan fingerprint density at radius 2 is 2.21 bits per heavy atom. The van der Waals surface area contributed by atoms with Gasteiger partial charge in [0.25, 0.3) is 0 Å². The van der Waals surface area contributed by atoms with E-state index in [0.717, 1.165) is 36.6 Å². The Morgan fingerprint density at radius 1 is 1.47 bits per heavy atom. The summed E-state index contributed by atoms with van der Waals surface area (Å²) in [5.41, 5.74) is 3.57. The monoisotopic (exact) mass is 265 g/mol. The van der Waals surface area contributed by atoms with Crippen molar-refractivity contribution >= 4 is 11.6 Å². The van der Waals surface area contributed by atoms with Gasteiger partial charge in [-0.3, -0.25) is 0 Å². The lowest BCUT2D eigenvalue weighted by Gasteiger charge is -2.28. The minimum atomic E-state index is 0.129. The number of aryl methyl sites for hydroxylation is 1. The topological polar surface area (TPSA) is 87.3 Å². The number of nitrogens with one attached hydrogen (secondary N) is 1. The molecule has 19 heavy (non-hydrogen) atoms. The van der Waals surface area contributed by atoms with Crippen LogP contribution in [0.2, 0.25) is 0 Å². The van der Waals surface area contributed by atoms with Crippen molar-refractivity contribution in [3.05, 3.63) is 11.4 Å². The second-order valence-corrected chi connectivity index (χ2v) is 5.14. The lowest BCUT2D eigenvalue weighted by Crippen LogP contribution is -2.36. The van der Waals surface area contributed by atoms with Crippen LogP contribution in [0.1, 0.15) is 31.7 Å². The van der Waals surface area contributed by atoms with Gasteiger partial charge in [-0.05, 0) is 19.3 Å². The normalized spacial score (nSPS) is 22.9. The van der Waals surface area contributed by atoms with Crippen LogP contribution in [0.5, 0.6) is 0 Å². The molecular formula is C13H23N5O. The minimum Gasteiger partial charge on any atom is -0.394 e. The van der Waals surface area contributed by atoms with E-state index in [9.17, 15) is 5.11 Å². The maximum atomic E-state index is 9.59. The first-order valence-electron chi connectivity index (χ1n) is 6.84. The van der Waals surface area contributed by atoms with Crippen LogP contribution in [0, 0.1) is 12.8 Å². The molecule has 0 radical (unpaired) electrons. The number of aliphatic hydroxyl groups excluding tert-OH is 1. The summed E-state index contributed by atoms with van der Waals surface area (Å²) in [6.45, 7) is 7.21. The Bertz CT molecular complexity index is 451. The van der Waals surface area contributed by atoms with Crippen molar-refractivity contribution in [2.75, 3.05) is 23.5 Å². The van der Waals surface area contributed by atoms with E-state index < -0.39 is 0 Å². The van der Waals surface area contributed by atoms with Crippen LogP contribution in [-0.4, -0.2) is 34.3 Å². The lowest BCUT2D eigenvalue weighted by atomic mass is 10.0. The first-order chi connectivity index (χ1) is 9.12. The average Bonchev–Trinajstić information content (AvgIpc) is 2.80. The van der Waals surface area contributed by atoms with Gasteiger partial charge in [-0.2, -0.15) is 0 Å². The van der Waals surface area contributed by atoms with Crippen molar-refractivity contribution in [2.45, 2.75) is 39.7 Å². The van der Waals surface area contributed by atoms with Gasteiger partial charge >= 0.3 is 0 Å². The zero-order valence-corrected chi connectivity index (χ0v) is 11.8. The molecular weight excluding hydrogens is 242 g/mol. The van der Waals surface area contributed by atoms with Crippen LogP contribution in [0.15, 0.2) is 0 Å². The third kappa shape index (κ3) is 2.50. The zero-order chi connectivity index (χ0) is 14.0. The highest BCUT2D eigenvalue weighted by atomic mass is 16.3. The molecule has 0 aliphatic carbocycles. The number of hydrogen-bond acceptors (Lipinski definition) is 6. The van der Waals surface area contributed by atoms with E-state index in [2.05, 4.69) is 27.2 Å². The van der Waals surface area contributed by atoms with Crippen molar-refractivity contribution in [2.24, 2.45) is 11.8 Å². The molecule has 6 nitrogen and oxygen atoms in total. The summed E-state index contributed by atoms with van der Waals surface area (Å²) in [6.07, 6.45) is 1.83. The fraction of sp³-hybridized carbons (Fsp3) is 0.692. The van der Waals surface area contributed by atoms with E-state index in [1.165, 1.54) is 0 Å². The number of rotatable bonds is 4. The number of aliphatic hydroxyl groups is 1. The predicted octanol–water partition coefficient (Wildman–Crippen LogP) is 0.840. The Balaban J connectivity index is 2.43. The summed E-state index contributed by atoms with van der Waals surface area (Å²) in [7, 11) is 0. The number of nitrogens with two attached hydrogens (primary N) is 1. The quantitative estimate of drug-likeness (QED) is 0.552. The average molecular weight is 265 g/mol. The zero-order valence-electron chi connectivity index (χ0n) is 11.8. The summed E-state index contributed by atoms with van der Waals surface area (Å²) in [4.78, 5) is 11.2. The molecule has 1 aromatic rings. The summed E-state index contributed by atoms with van der Waals surface area (Å²) >= 11 is 0. The number of nitrogen functional groups attached to an aromatic ring is 1. The fourth-order valence-corrected chi connectivity index (χ4v) is 2.68. The van der Waals surface area contributed by atoms with Gasteiger partial charge in [0.2, 0.25) is 0 Å². The standard InChI is InChI=1S/C13H23N5O/c1-4-11-15-12(17-14)9(3)13(16-11)18-6-5-8(2)10(18)7-19/h8,10,19H,4-7,14H2,1-3H3,(H,15,16,17). The Morgan fingerprint density at radius 3 is 2.79 bits per heavy atom. The van der Waals surface area contributed by atoms with Crippen molar-refractivity contribution in [3.8, 4) is 0 Å². The maximum Gasteiger partial charge on any atom is 0.148 e. The lowest BCUT2D eigenvalue weighted by molar-refractivity contribution is 0.244. The third-order valence-electron chi connectivity index (χ3n) is 3.96. The molecule has 0 saturated carbocycles. The highest BCUT2D eigenvalue weighted by molar-refractivity contribution is 5.59. The maximum absolute atomic E-state index is 9.59. The molecule has 6 heteroatoms. The van der Waals surface area contributed by atoms with E-state index in [1.807, 2.05) is 13.8 Å². The van der Waals surface area contributed by atoms with Gasteiger partial charge in [-0.15, -0.1) is 0 Å². The highest BCUT2D eigenvalue weighted by Gasteiger charge is 2.33. The SMILES string of the molecule is CCc1nc(NN)c(C)c(N2CCC(C)C2CO)n1. The largest absolute Gasteiger partial charge is 0.394 e. The molecule has 2 rings (SSSR count). The minimum absolute atomic E-state index is 0.129. The predicted molar refractivity (Wildman–Crippen MR) is 76.0 cm³/mol. The molecule has 106 valence electrons. The van der Waals surface area contributed by atoms with E-state index in [4.69, 9.17) is 5.84 Å². The number of anilines is 2. The van der Waals surface area contributed by atoms with Crippen LogP contribution in [0.25, 0.3) is 0 Å². The van der Waals surface area contributed by atoms with Gasteiger partial charge in [0.1, 0.15) is 17.5 Å². The molecule has 2 heterocycles. The third-order valence-corrected chi connectivity index (χ3v) is 3.96. The smallest absolute Gasteiger partial charge is 0.148 e. The van der Waals surface area contributed by atoms with Crippen molar-refractivity contribution in [1.82, 2.24) is 9.97 Å². The summed E-state index contributed by atoms with van der Waals surface area (Å²) < 4.78 is 0. The highest BCUT2D eigenvalue weighted by Crippen LogP contribution is 2.32. The second-order valence-electron chi connectivity index (χ2n) is 5.14. The summed E-state index contributed by atoms with van der Waals surface area (Å²) in [5, 5.41) is 9.59. The molecule has 2 unspecified atom stereocenters. The fourth-order valence-electron chi connectivity index (χ4n) is 2.68. The van der Waals surface area contributed by atoms with Gasteiger partial charge < -0.3 is 15.4 Å². The molecule has 0 bridgehead atoms. The van der Waals surface area contributed by atoms with Crippen LogP contribution in [-0.2, 0) is 6.42 Å². The van der Waals surface area contributed by atoms with Crippen molar-refractivity contribution in [3.63, 3.8) is 0 Å². The van der Waals surface area contributed by atoms with Gasteiger partial charge in [-0.25, -0.2) is 15.8 Å². The number of aromatic nitrogens is 2. The van der Waals surface area contributed by atoms with Crippen LogP contribution in [0.3, 0.4) is 0 Å². The molecule has 0 amide bonds. The van der Waals surface area contributed by atoms with E-state index in [-0.39, 0.29) is 12.6 Å². The molecule has 1 aliphatic rings. The molecule has 0 aromatic carbocycles. The summed E-state index contributed by atoms with van der Waals surface area (Å²) in [5.74, 6) is 8.32. The van der Waals surface area contributed by atoms with E-state index in [1.54, 1.807) is 0 Å². The van der Waals surface area contributed by atoms with E-state index >= 15 is 0 Å². The molecule has 4 N–H and O–H groups in total. The van der Waals surface area contributed by atoms with Gasteiger partial charge in [0.05, 0.1) is 12.6 Å². The van der Waals surface area contributed by atoms with Gasteiger partial charge in [0, 0.05) is 18.5 Å². The first-order valence-corrected chi connectivity index (χ1v) is 6.84. The molecule has 1 aliphatic heterocycles. The number of hydrogen-bond donors (Lipinski definition) is 3. The van der Waals surface area contributed by atoms with Crippen LogP contribution >= 0.6 is 0 Å². The molecule has 1 fully saturated rings. The van der Waals surface area contributed by atoms with Crippen LogP contribution < -0.4 is 16.2 Å². The first kappa shape index (κ1) is 14.0. The van der Waals surface area contributed by atoms with Gasteiger partial charge in [0.15, 0.2) is 0 Å². The molecule has 1 aromatic heterocycles. The number of nitrogens with zero attached hydrogens (tertiary/aromatic N) is 3. The van der Waals surface area contributed by atoms with E-state index in [0.29, 0.717) is 11.7 Å². The molecule has 2 atom stereocenters. The van der Waals surface area contributed by atoms with Gasteiger partial charge in [-0.1, -0.05) is 13.8 Å². The van der Waals surface area contributed by atoms with Crippen LogP contribution in [0.4, 0.5) is 11.6 Å². The Hall–Kier alpha value is -1.40. The van der Waals surface area contributed by atoms with Crippen molar-refractivity contribution < 1.29 is 5.11 Å².